The molecule has 1 aromatic carbocycles. The Morgan fingerprint density at radius 1 is 1.47 bits per heavy atom. The number of esters is 1. The lowest BCUT2D eigenvalue weighted by Crippen LogP contribution is -2.12. The standard InChI is InChI=1S/C12H16O2S/c1-3-9(2)8-14-12(13)10-6-4-5-7-11(10)15/h4-7,9,15H,3,8H2,1-2H3. The van der Waals surface area contributed by atoms with Crippen molar-refractivity contribution >= 4 is 18.6 Å². The highest BCUT2D eigenvalue weighted by molar-refractivity contribution is 7.80. The fraction of sp³-hybridized carbons (Fsp3) is 0.417. The normalized spacial score (nSPS) is 12.2. The van der Waals surface area contributed by atoms with Gasteiger partial charge in [-0.2, -0.15) is 0 Å². The summed E-state index contributed by atoms with van der Waals surface area (Å²) in [6, 6.07) is 7.15. The second-order valence-corrected chi connectivity index (χ2v) is 4.11. The first-order valence-corrected chi connectivity index (χ1v) is 5.55. The van der Waals surface area contributed by atoms with E-state index in [0.29, 0.717) is 23.0 Å². The minimum atomic E-state index is -0.291. The maximum Gasteiger partial charge on any atom is 0.339 e. The molecule has 0 bridgehead atoms. The number of thiol groups is 1. The van der Waals surface area contributed by atoms with Crippen molar-refractivity contribution in [3.63, 3.8) is 0 Å². The number of hydrogen-bond donors (Lipinski definition) is 1. The fourth-order valence-electron chi connectivity index (χ4n) is 1.06. The third kappa shape index (κ3) is 3.59. The van der Waals surface area contributed by atoms with Crippen molar-refractivity contribution in [2.75, 3.05) is 6.61 Å². The molecule has 0 aliphatic rings. The van der Waals surface area contributed by atoms with Crippen molar-refractivity contribution in [2.24, 2.45) is 5.92 Å². The molecular weight excluding hydrogens is 208 g/mol. The van der Waals surface area contributed by atoms with E-state index in [1.165, 1.54) is 0 Å². The van der Waals surface area contributed by atoms with Gasteiger partial charge in [0.25, 0.3) is 0 Å². The number of carbonyl (C=O) groups excluding carboxylic acids is 1. The van der Waals surface area contributed by atoms with Crippen LogP contribution in [0.3, 0.4) is 0 Å². The number of benzene rings is 1. The van der Waals surface area contributed by atoms with Crippen LogP contribution in [0.15, 0.2) is 29.2 Å². The average molecular weight is 224 g/mol. The molecule has 0 heterocycles. The van der Waals surface area contributed by atoms with Gasteiger partial charge in [0.2, 0.25) is 0 Å². The summed E-state index contributed by atoms with van der Waals surface area (Å²) in [6.45, 7) is 4.60. The zero-order chi connectivity index (χ0) is 11.3. The van der Waals surface area contributed by atoms with E-state index in [4.69, 9.17) is 4.74 Å². The quantitative estimate of drug-likeness (QED) is 0.628. The van der Waals surface area contributed by atoms with Gasteiger partial charge in [0.05, 0.1) is 12.2 Å². The topological polar surface area (TPSA) is 26.3 Å². The van der Waals surface area contributed by atoms with E-state index in [-0.39, 0.29) is 5.97 Å². The Labute approximate surface area is 96.1 Å². The van der Waals surface area contributed by atoms with Gasteiger partial charge in [-0.1, -0.05) is 32.4 Å². The summed E-state index contributed by atoms with van der Waals surface area (Å²) >= 11 is 4.20. The van der Waals surface area contributed by atoms with Gasteiger partial charge in [-0.05, 0) is 18.1 Å². The smallest absolute Gasteiger partial charge is 0.339 e. The third-order valence-corrected chi connectivity index (χ3v) is 2.71. The van der Waals surface area contributed by atoms with Gasteiger partial charge in [0.15, 0.2) is 0 Å². The number of carbonyl (C=O) groups is 1. The SMILES string of the molecule is CCC(C)COC(=O)c1ccccc1S. The maximum absolute atomic E-state index is 11.6. The van der Waals surface area contributed by atoms with E-state index in [2.05, 4.69) is 26.5 Å². The molecule has 0 radical (unpaired) electrons. The van der Waals surface area contributed by atoms with Crippen LogP contribution in [0.4, 0.5) is 0 Å². The highest BCUT2D eigenvalue weighted by Gasteiger charge is 2.11. The first-order chi connectivity index (χ1) is 7.15. The summed E-state index contributed by atoms with van der Waals surface area (Å²) in [4.78, 5) is 12.3. The van der Waals surface area contributed by atoms with Crippen LogP contribution in [0.25, 0.3) is 0 Å². The molecule has 1 aromatic rings. The Bertz CT molecular complexity index is 336. The fourth-order valence-corrected chi connectivity index (χ4v) is 1.31. The minimum Gasteiger partial charge on any atom is -0.462 e. The van der Waals surface area contributed by atoms with E-state index < -0.39 is 0 Å². The molecule has 1 unspecified atom stereocenters. The summed E-state index contributed by atoms with van der Waals surface area (Å²) in [7, 11) is 0. The third-order valence-electron chi connectivity index (χ3n) is 2.32. The first-order valence-electron chi connectivity index (χ1n) is 5.10. The molecule has 0 aliphatic carbocycles. The van der Waals surface area contributed by atoms with Crippen LogP contribution in [0.2, 0.25) is 0 Å². The number of hydrogen-bond acceptors (Lipinski definition) is 3. The van der Waals surface area contributed by atoms with Crippen LogP contribution < -0.4 is 0 Å². The molecule has 0 saturated heterocycles. The van der Waals surface area contributed by atoms with Crippen LogP contribution in [0, 0.1) is 5.92 Å². The Kier molecular flexibility index (Phi) is 4.69. The highest BCUT2D eigenvalue weighted by atomic mass is 32.1. The molecule has 0 aromatic heterocycles. The molecule has 0 amide bonds. The molecule has 0 fully saturated rings. The van der Waals surface area contributed by atoms with Crippen LogP contribution >= 0.6 is 12.6 Å². The molecule has 0 spiro atoms. The Hall–Kier alpha value is -0.960. The van der Waals surface area contributed by atoms with Crippen LogP contribution in [-0.4, -0.2) is 12.6 Å². The van der Waals surface area contributed by atoms with Crippen LogP contribution in [-0.2, 0) is 4.74 Å². The summed E-state index contributed by atoms with van der Waals surface area (Å²) in [5.74, 6) is 0.113. The lowest BCUT2D eigenvalue weighted by atomic mass is 10.1. The molecule has 0 saturated carbocycles. The van der Waals surface area contributed by atoms with E-state index in [1.807, 2.05) is 6.07 Å². The average Bonchev–Trinajstić information content (AvgIpc) is 2.26. The van der Waals surface area contributed by atoms with Crippen molar-refractivity contribution in [3.8, 4) is 0 Å². The number of ether oxygens (including phenoxy) is 1. The minimum absolute atomic E-state index is 0.291. The monoisotopic (exact) mass is 224 g/mol. The van der Waals surface area contributed by atoms with Crippen molar-refractivity contribution in [1.29, 1.82) is 0 Å². The largest absolute Gasteiger partial charge is 0.462 e. The highest BCUT2D eigenvalue weighted by Crippen LogP contribution is 2.14. The van der Waals surface area contributed by atoms with Gasteiger partial charge in [-0.3, -0.25) is 0 Å². The molecule has 82 valence electrons. The molecule has 3 heteroatoms. The van der Waals surface area contributed by atoms with Crippen molar-refractivity contribution in [3.05, 3.63) is 29.8 Å². The van der Waals surface area contributed by atoms with Crippen molar-refractivity contribution in [2.45, 2.75) is 25.2 Å². The van der Waals surface area contributed by atoms with Crippen molar-refractivity contribution in [1.82, 2.24) is 0 Å². The summed E-state index contributed by atoms with van der Waals surface area (Å²) in [6.07, 6.45) is 1.01. The van der Waals surface area contributed by atoms with Crippen molar-refractivity contribution < 1.29 is 9.53 Å². The van der Waals surface area contributed by atoms with Gasteiger partial charge in [0.1, 0.15) is 0 Å². The van der Waals surface area contributed by atoms with E-state index in [9.17, 15) is 4.79 Å². The van der Waals surface area contributed by atoms with Gasteiger partial charge < -0.3 is 4.74 Å². The molecule has 0 N–H and O–H groups in total. The molecular formula is C12H16O2S. The zero-order valence-electron chi connectivity index (χ0n) is 9.06. The lowest BCUT2D eigenvalue weighted by molar-refractivity contribution is 0.0443. The van der Waals surface area contributed by atoms with E-state index >= 15 is 0 Å². The van der Waals surface area contributed by atoms with Crippen LogP contribution in [0.5, 0.6) is 0 Å². The first kappa shape index (κ1) is 12.1. The van der Waals surface area contributed by atoms with E-state index in [1.54, 1.807) is 18.2 Å². The van der Waals surface area contributed by atoms with E-state index in [0.717, 1.165) is 6.42 Å². The second kappa shape index (κ2) is 5.81. The van der Waals surface area contributed by atoms with Gasteiger partial charge in [0, 0.05) is 4.90 Å². The Balaban J connectivity index is 2.58. The van der Waals surface area contributed by atoms with Gasteiger partial charge >= 0.3 is 5.97 Å². The van der Waals surface area contributed by atoms with Gasteiger partial charge in [-0.25, -0.2) is 4.79 Å². The van der Waals surface area contributed by atoms with Gasteiger partial charge in [-0.15, -0.1) is 12.6 Å². The summed E-state index contributed by atoms with van der Waals surface area (Å²) < 4.78 is 5.17. The second-order valence-electron chi connectivity index (χ2n) is 3.63. The summed E-state index contributed by atoms with van der Waals surface area (Å²) in [5, 5.41) is 0. The molecule has 1 rings (SSSR count). The molecule has 1 atom stereocenters. The van der Waals surface area contributed by atoms with Crippen LogP contribution in [0.1, 0.15) is 30.6 Å². The molecule has 2 nitrogen and oxygen atoms in total. The zero-order valence-corrected chi connectivity index (χ0v) is 9.96. The maximum atomic E-state index is 11.6. The molecule has 0 aliphatic heterocycles. The predicted octanol–water partition coefficient (Wildman–Crippen LogP) is 3.18. The molecule has 15 heavy (non-hydrogen) atoms. The predicted molar refractivity (Wildman–Crippen MR) is 63.4 cm³/mol. The Morgan fingerprint density at radius 3 is 2.73 bits per heavy atom. The lowest BCUT2D eigenvalue weighted by Gasteiger charge is -2.10. The Morgan fingerprint density at radius 2 is 2.13 bits per heavy atom. The summed E-state index contributed by atoms with van der Waals surface area (Å²) in [5.41, 5.74) is 0.532. The number of rotatable bonds is 4.